The Morgan fingerprint density at radius 1 is 1.05 bits per heavy atom. The van der Waals surface area contributed by atoms with Gasteiger partial charge in [-0.05, 0) is 47.1 Å². The van der Waals surface area contributed by atoms with Gasteiger partial charge in [0.15, 0.2) is 0 Å². The molecule has 0 amide bonds. The third-order valence-electron chi connectivity index (χ3n) is 3.12. The highest BCUT2D eigenvalue weighted by molar-refractivity contribution is 9.12. The van der Waals surface area contributed by atoms with Crippen molar-refractivity contribution >= 4 is 43.4 Å². The van der Waals surface area contributed by atoms with Gasteiger partial charge in [-0.15, -0.1) is 0 Å². The molecule has 0 bridgehead atoms. The number of hydrogen-bond donors (Lipinski definition) is 0. The number of thioether (sulfide) groups is 1. The normalized spacial score (nSPS) is 14.6. The summed E-state index contributed by atoms with van der Waals surface area (Å²) in [6.07, 6.45) is 0. The monoisotopic (exact) mass is 381 g/mol. The second kappa shape index (κ2) is 5.51. The molecule has 6 heteroatoms. The zero-order valence-corrected chi connectivity index (χ0v) is 14.4. The fourth-order valence-corrected chi connectivity index (χ4v) is 5.39. The van der Waals surface area contributed by atoms with Crippen LogP contribution in [0, 0.1) is 6.92 Å². The molecule has 0 fully saturated rings. The maximum atomic E-state index is 12.9. The number of aryl methyl sites for hydroxylation is 1. The van der Waals surface area contributed by atoms with Crippen molar-refractivity contribution in [2.45, 2.75) is 16.7 Å². The zero-order chi connectivity index (χ0) is 15.0. The summed E-state index contributed by atoms with van der Waals surface area (Å²) < 4.78 is 27.7. The molecular weight excluding hydrogens is 370 g/mol. The molecular formula is C15H12BrNO2S2. The predicted octanol–water partition coefficient (Wildman–Crippen LogP) is 4.49. The summed E-state index contributed by atoms with van der Waals surface area (Å²) in [4.78, 5) is 1.19. The van der Waals surface area contributed by atoms with Gasteiger partial charge in [-0.3, -0.25) is 0 Å². The van der Waals surface area contributed by atoms with E-state index in [1.165, 1.54) is 16.1 Å². The van der Waals surface area contributed by atoms with Gasteiger partial charge in [0, 0.05) is 10.3 Å². The molecule has 0 saturated heterocycles. The van der Waals surface area contributed by atoms with Gasteiger partial charge in [0.1, 0.15) is 4.61 Å². The molecule has 3 rings (SSSR count). The second-order valence-corrected chi connectivity index (χ2v) is 8.12. The first kappa shape index (κ1) is 14.7. The average Bonchev–Trinajstić information content (AvgIpc) is 2.47. The third-order valence-corrected chi connectivity index (χ3v) is 6.92. The Bertz CT molecular complexity index is 814. The van der Waals surface area contributed by atoms with Crippen LogP contribution in [0.2, 0.25) is 0 Å². The van der Waals surface area contributed by atoms with Gasteiger partial charge in [0.25, 0.3) is 10.0 Å². The van der Waals surface area contributed by atoms with Crippen molar-refractivity contribution in [1.29, 1.82) is 0 Å². The number of rotatable bonds is 2. The molecule has 0 aliphatic carbocycles. The topological polar surface area (TPSA) is 37.4 Å². The number of para-hydroxylation sites is 1. The molecule has 21 heavy (non-hydrogen) atoms. The molecule has 0 aromatic heterocycles. The number of fused-ring (bicyclic) bond motifs is 1. The lowest BCUT2D eigenvalue weighted by Crippen LogP contribution is -2.29. The van der Waals surface area contributed by atoms with Crippen molar-refractivity contribution < 1.29 is 8.42 Å². The summed E-state index contributed by atoms with van der Waals surface area (Å²) in [5.74, 6) is 0. The van der Waals surface area contributed by atoms with E-state index < -0.39 is 10.0 Å². The van der Waals surface area contributed by atoms with Gasteiger partial charge in [-0.1, -0.05) is 41.6 Å². The van der Waals surface area contributed by atoms with Gasteiger partial charge >= 0.3 is 0 Å². The summed E-state index contributed by atoms with van der Waals surface area (Å²) in [7, 11) is -3.64. The molecule has 0 unspecified atom stereocenters. The summed E-state index contributed by atoms with van der Waals surface area (Å²) in [6.45, 7) is 1.93. The van der Waals surface area contributed by atoms with Crippen molar-refractivity contribution in [3.63, 3.8) is 0 Å². The molecule has 0 spiro atoms. The fraction of sp³-hybridized carbons (Fsp3) is 0.0667. The van der Waals surface area contributed by atoms with Crippen molar-refractivity contribution in [2.75, 3.05) is 4.31 Å². The lowest BCUT2D eigenvalue weighted by atomic mass is 10.2. The van der Waals surface area contributed by atoms with Crippen molar-refractivity contribution in [1.82, 2.24) is 0 Å². The summed E-state index contributed by atoms with van der Waals surface area (Å²) in [5.41, 5.74) is 1.69. The van der Waals surface area contributed by atoms with E-state index in [2.05, 4.69) is 15.9 Å². The minimum atomic E-state index is -3.64. The summed E-state index contributed by atoms with van der Waals surface area (Å²) in [5, 5.41) is 1.79. The highest BCUT2D eigenvalue weighted by Crippen LogP contribution is 2.43. The number of nitrogens with zero attached hydrogens (tertiary/aromatic N) is 1. The Morgan fingerprint density at radius 3 is 2.43 bits per heavy atom. The van der Waals surface area contributed by atoms with E-state index in [9.17, 15) is 8.42 Å². The molecule has 0 N–H and O–H groups in total. The molecule has 2 aromatic rings. The Kier molecular flexibility index (Phi) is 3.86. The molecule has 1 aliphatic rings. The van der Waals surface area contributed by atoms with Gasteiger partial charge in [-0.25, -0.2) is 12.7 Å². The molecule has 0 atom stereocenters. The predicted molar refractivity (Wildman–Crippen MR) is 90.2 cm³/mol. The SMILES string of the molecule is Cc1ccc(S(=O)(=O)N2C(Br)=CSc3ccccc32)cc1. The van der Waals surface area contributed by atoms with Crippen LogP contribution in [0.3, 0.4) is 0 Å². The average molecular weight is 382 g/mol. The molecule has 0 saturated carbocycles. The van der Waals surface area contributed by atoms with Crippen molar-refractivity contribution in [3.05, 3.63) is 64.1 Å². The van der Waals surface area contributed by atoms with Crippen LogP contribution >= 0.6 is 27.7 Å². The van der Waals surface area contributed by atoms with E-state index in [0.717, 1.165) is 10.5 Å². The Morgan fingerprint density at radius 2 is 1.71 bits per heavy atom. The van der Waals surface area contributed by atoms with Gasteiger partial charge in [0.2, 0.25) is 0 Å². The molecule has 2 aromatic carbocycles. The van der Waals surface area contributed by atoms with E-state index in [1.54, 1.807) is 29.7 Å². The molecule has 108 valence electrons. The summed E-state index contributed by atoms with van der Waals surface area (Å²) >= 11 is 4.86. The lowest BCUT2D eigenvalue weighted by Gasteiger charge is -2.28. The molecule has 0 radical (unpaired) electrons. The first-order valence-electron chi connectivity index (χ1n) is 6.23. The Labute approximate surface area is 136 Å². The van der Waals surface area contributed by atoms with Crippen LogP contribution in [0.15, 0.2) is 68.3 Å². The van der Waals surface area contributed by atoms with Crippen LogP contribution in [-0.4, -0.2) is 8.42 Å². The van der Waals surface area contributed by atoms with Crippen LogP contribution in [0.4, 0.5) is 5.69 Å². The van der Waals surface area contributed by atoms with Crippen molar-refractivity contribution in [3.8, 4) is 0 Å². The van der Waals surface area contributed by atoms with E-state index in [-0.39, 0.29) is 4.90 Å². The van der Waals surface area contributed by atoms with Gasteiger partial charge < -0.3 is 0 Å². The quantitative estimate of drug-likeness (QED) is 0.719. The zero-order valence-electron chi connectivity index (χ0n) is 11.2. The standard InChI is InChI=1S/C15H12BrNO2S2/c1-11-6-8-12(9-7-11)21(18,19)17-13-4-2-3-5-14(13)20-10-15(17)16/h2-10H,1H3. The van der Waals surface area contributed by atoms with Gasteiger partial charge in [-0.2, -0.15) is 0 Å². The summed E-state index contributed by atoms with van der Waals surface area (Å²) in [6, 6.07) is 14.3. The largest absolute Gasteiger partial charge is 0.269 e. The van der Waals surface area contributed by atoms with E-state index in [4.69, 9.17) is 0 Å². The first-order valence-corrected chi connectivity index (χ1v) is 9.35. The van der Waals surface area contributed by atoms with Crippen LogP contribution in [0.25, 0.3) is 0 Å². The van der Waals surface area contributed by atoms with Crippen LogP contribution in [0.1, 0.15) is 5.56 Å². The van der Waals surface area contributed by atoms with E-state index >= 15 is 0 Å². The Hall–Kier alpha value is -1.24. The van der Waals surface area contributed by atoms with Crippen LogP contribution in [0.5, 0.6) is 0 Å². The van der Waals surface area contributed by atoms with Gasteiger partial charge in [0.05, 0.1) is 10.6 Å². The Balaban J connectivity index is 2.15. The van der Waals surface area contributed by atoms with E-state index in [1.807, 2.05) is 31.2 Å². The smallest absolute Gasteiger partial charge is 0.226 e. The minimum absolute atomic E-state index is 0.278. The highest BCUT2D eigenvalue weighted by Gasteiger charge is 2.31. The second-order valence-electron chi connectivity index (χ2n) is 4.61. The maximum absolute atomic E-state index is 12.9. The van der Waals surface area contributed by atoms with E-state index in [0.29, 0.717) is 10.3 Å². The number of benzene rings is 2. The number of sulfonamides is 1. The highest BCUT2D eigenvalue weighted by atomic mass is 79.9. The number of anilines is 1. The molecule has 1 heterocycles. The number of hydrogen-bond acceptors (Lipinski definition) is 3. The van der Waals surface area contributed by atoms with Crippen molar-refractivity contribution in [2.24, 2.45) is 0 Å². The number of halogens is 1. The maximum Gasteiger partial charge on any atom is 0.269 e. The molecule has 3 nitrogen and oxygen atoms in total. The first-order chi connectivity index (χ1) is 10.00. The van der Waals surface area contributed by atoms with Crippen LogP contribution in [-0.2, 0) is 10.0 Å². The molecule has 1 aliphatic heterocycles. The third kappa shape index (κ3) is 2.63. The minimum Gasteiger partial charge on any atom is -0.226 e. The van der Waals surface area contributed by atoms with Crippen LogP contribution < -0.4 is 4.31 Å². The fourth-order valence-electron chi connectivity index (χ4n) is 2.06. The lowest BCUT2D eigenvalue weighted by molar-refractivity contribution is 0.595.